The van der Waals surface area contributed by atoms with Crippen molar-refractivity contribution in [3.63, 3.8) is 0 Å². The predicted molar refractivity (Wildman–Crippen MR) is 79.0 cm³/mol. The molecular formula is C15H18N4O3. The minimum absolute atomic E-state index is 0.318. The van der Waals surface area contributed by atoms with Crippen molar-refractivity contribution in [2.24, 2.45) is 5.73 Å². The van der Waals surface area contributed by atoms with Crippen molar-refractivity contribution in [2.45, 2.75) is 31.8 Å². The van der Waals surface area contributed by atoms with Crippen molar-refractivity contribution in [2.75, 3.05) is 7.11 Å². The molecule has 1 aromatic carbocycles. The molecule has 0 atom stereocenters. The summed E-state index contributed by atoms with van der Waals surface area (Å²) in [6.45, 7) is 2.28. The number of amides is 1. The molecule has 7 nitrogen and oxygen atoms in total. The van der Waals surface area contributed by atoms with Gasteiger partial charge in [-0.3, -0.25) is 10.1 Å². The number of nitrogens with zero attached hydrogens (tertiary/aromatic N) is 2. The monoisotopic (exact) mass is 302 g/mol. The smallest absolute Gasteiger partial charge is 0.240 e. The number of hydrogen-bond acceptors (Lipinski definition) is 6. The summed E-state index contributed by atoms with van der Waals surface area (Å²) in [5.74, 6) is 1.34. The molecule has 0 unspecified atom stereocenters. The van der Waals surface area contributed by atoms with E-state index >= 15 is 0 Å². The molecule has 1 heterocycles. The van der Waals surface area contributed by atoms with Gasteiger partial charge in [0.25, 0.3) is 0 Å². The maximum atomic E-state index is 11.3. The summed E-state index contributed by atoms with van der Waals surface area (Å²) in [6, 6.07) is 5.71. The summed E-state index contributed by atoms with van der Waals surface area (Å²) in [6.07, 6.45) is 1.50. The lowest BCUT2D eigenvalue weighted by atomic mass is 10.1. The number of ether oxygens (including phenoxy) is 1. The molecule has 0 saturated heterocycles. The van der Waals surface area contributed by atoms with E-state index in [-0.39, 0.29) is 5.91 Å². The summed E-state index contributed by atoms with van der Waals surface area (Å²) in [5, 5.41) is 7.05. The molecule has 22 heavy (non-hydrogen) atoms. The van der Waals surface area contributed by atoms with Crippen LogP contribution in [-0.2, 0) is 11.3 Å². The van der Waals surface area contributed by atoms with Crippen LogP contribution in [0.5, 0.6) is 5.75 Å². The Kier molecular flexibility index (Phi) is 3.58. The zero-order chi connectivity index (χ0) is 15.7. The second-order valence-electron chi connectivity index (χ2n) is 5.50. The van der Waals surface area contributed by atoms with Gasteiger partial charge in [0.2, 0.25) is 17.6 Å². The number of carbonyl (C=O) groups excluding carboxylic acids is 1. The molecule has 1 aliphatic carbocycles. The molecule has 0 bridgehead atoms. The van der Waals surface area contributed by atoms with Crippen LogP contribution in [0.2, 0.25) is 0 Å². The molecule has 1 amide bonds. The Morgan fingerprint density at radius 2 is 2.27 bits per heavy atom. The van der Waals surface area contributed by atoms with Gasteiger partial charge in [-0.1, -0.05) is 17.3 Å². The predicted octanol–water partition coefficient (Wildman–Crippen LogP) is 1.16. The van der Waals surface area contributed by atoms with Crippen molar-refractivity contribution >= 4 is 5.91 Å². The molecule has 1 aromatic heterocycles. The Morgan fingerprint density at radius 3 is 2.91 bits per heavy atom. The van der Waals surface area contributed by atoms with Gasteiger partial charge < -0.3 is 15.0 Å². The van der Waals surface area contributed by atoms with E-state index in [9.17, 15) is 4.79 Å². The fourth-order valence-electron chi connectivity index (χ4n) is 2.28. The molecule has 1 saturated carbocycles. The standard InChI is InChI=1S/C15H18N4O3/c1-9-3-4-10(7-11(9)21-2)13-18-12(22-19-13)8-17-15(5-6-15)14(16)20/h3-4,7,17H,5-6,8H2,1-2H3,(H2,16,20). The largest absolute Gasteiger partial charge is 0.496 e. The average Bonchev–Trinajstić information content (AvgIpc) is 3.17. The molecule has 1 fully saturated rings. The summed E-state index contributed by atoms with van der Waals surface area (Å²) in [4.78, 5) is 15.6. The number of carbonyl (C=O) groups is 1. The molecule has 3 rings (SSSR count). The molecule has 116 valence electrons. The first-order valence-electron chi connectivity index (χ1n) is 7.06. The maximum Gasteiger partial charge on any atom is 0.240 e. The molecule has 7 heteroatoms. The highest BCUT2D eigenvalue weighted by atomic mass is 16.5. The van der Waals surface area contributed by atoms with Gasteiger partial charge in [0, 0.05) is 5.56 Å². The molecule has 0 radical (unpaired) electrons. The van der Waals surface area contributed by atoms with Crippen molar-refractivity contribution in [1.29, 1.82) is 0 Å². The van der Waals surface area contributed by atoms with Gasteiger partial charge in [0.05, 0.1) is 19.2 Å². The first-order chi connectivity index (χ1) is 10.5. The van der Waals surface area contributed by atoms with Crippen molar-refractivity contribution in [3.8, 4) is 17.1 Å². The van der Waals surface area contributed by atoms with Crippen LogP contribution in [0.3, 0.4) is 0 Å². The third kappa shape index (κ3) is 2.67. The topological polar surface area (TPSA) is 103 Å². The number of hydrogen-bond donors (Lipinski definition) is 2. The third-order valence-electron chi connectivity index (χ3n) is 3.93. The number of aryl methyl sites for hydroxylation is 1. The zero-order valence-electron chi connectivity index (χ0n) is 12.5. The van der Waals surface area contributed by atoms with E-state index in [1.165, 1.54) is 0 Å². The van der Waals surface area contributed by atoms with Gasteiger partial charge in [-0.15, -0.1) is 0 Å². The van der Waals surface area contributed by atoms with Crippen LogP contribution in [0.4, 0.5) is 0 Å². The summed E-state index contributed by atoms with van der Waals surface area (Å²) >= 11 is 0. The van der Waals surface area contributed by atoms with Gasteiger partial charge in [-0.25, -0.2) is 0 Å². The van der Waals surface area contributed by atoms with Crippen LogP contribution in [-0.4, -0.2) is 28.7 Å². The Bertz CT molecular complexity index is 707. The van der Waals surface area contributed by atoms with Gasteiger partial charge in [-0.05, 0) is 31.4 Å². The zero-order valence-corrected chi connectivity index (χ0v) is 12.5. The average molecular weight is 302 g/mol. The number of aromatic nitrogens is 2. The molecule has 1 aliphatic rings. The van der Waals surface area contributed by atoms with Crippen LogP contribution >= 0.6 is 0 Å². The van der Waals surface area contributed by atoms with E-state index in [1.807, 2.05) is 25.1 Å². The first kappa shape index (κ1) is 14.5. The lowest BCUT2D eigenvalue weighted by molar-refractivity contribution is -0.121. The number of primary amides is 1. The van der Waals surface area contributed by atoms with Crippen LogP contribution < -0.4 is 15.8 Å². The van der Waals surface area contributed by atoms with Crippen molar-refractivity contribution in [1.82, 2.24) is 15.5 Å². The molecule has 2 aromatic rings. The highest BCUT2D eigenvalue weighted by Crippen LogP contribution is 2.35. The third-order valence-corrected chi connectivity index (χ3v) is 3.93. The van der Waals surface area contributed by atoms with E-state index in [4.69, 9.17) is 15.0 Å². The molecule has 0 aliphatic heterocycles. The van der Waals surface area contributed by atoms with E-state index in [1.54, 1.807) is 7.11 Å². The normalized spacial score (nSPS) is 15.5. The summed E-state index contributed by atoms with van der Waals surface area (Å²) in [7, 11) is 1.62. The minimum atomic E-state index is -0.596. The number of methoxy groups -OCH3 is 1. The van der Waals surface area contributed by atoms with Crippen molar-refractivity contribution in [3.05, 3.63) is 29.7 Å². The minimum Gasteiger partial charge on any atom is -0.496 e. The lowest BCUT2D eigenvalue weighted by Gasteiger charge is -2.10. The fraction of sp³-hybridized carbons (Fsp3) is 0.400. The van der Waals surface area contributed by atoms with E-state index < -0.39 is 5.54 Å². The Hall–Kier alpha value is -2.41. The number of nitrogens with one attached hydrogen (secondary N) is 1. The van der Waals surface area contributed by atoms with Crippen LogP contribution in [0.1, 0.15) is 24.3 Å². The van der Waals surface area contributed by atoms with Gasteiger partial charge in [-0.2, -0.15) is 4.98 Å². The number of rotatable bonds is 6. The fourth-order valence-corrected chi connectivity index (χ4v) is 2.28. The second kappa shape index (κ2) is 5.42. The maximum absolute atomic E-state index is 11.3. The Balaban J connectivity index is 1.72. The van der Waals surface area contributed by atoms with E-state index in [0.29, 0.717) is 18.3 Å². The first-order valence-corrected chi connectivity index (χ1v) is 7.06. The molecule has 3 N–H and O–H groups in total. The summed E-state index contributed by atoms with van der Waals surface area (Å²) in [5.41, 5.74) is 6.61. The molecular weight excluding hydrogens is 284 g/mol. The van der Waals surface area contributed by atoms with Crippen LogP contribution in [0, 0.1) is 6.92 Å². The highest BCUT2D eigenvalue weighted by Gasteiger charge is 2.48. The SMILES string of the molecule is COc1cc(-c2noc(CNC3(C(N)=O)CC3)n2)ccc1C. The van der Waals surface area contributed by atoms with Crippen LogP contribution in [0.15, 0.2) is 22.7 Å². The van der Waals surface area contributed by atoms with E-state index in [0.717, 1.165) is 29.7 Å². The van der Waals surface area contributed by atoms with E-state index in [2.05, 4.69) is 15.5 Å². The second-order valence-corrected chi connectivity index (χ2v) is 5.50. The summed E-state index contributed by atoms with van der Waals surface area (Å²) < 4.78 is 10.5. The highest BCUT2D eigenvalue weighted by molar-refractivity contribution is 5.87. The van der Waals surface area contributed by atoms with Gasteiger partial charge in [0.1, 0.15) is 5.75 Å². The quantitative estimate of drug-likeness (QED) is 0.830. The van der Waals surface area contributed by atoms with Gasteiger partial charge in [0.15, 0.2) is 0 Å². The number of benzene rings is 1. The van der Waals surface area contributed by atoms with Crippen LogP contribution in [0.25, 0.3) is 11.4 Å². The Morgan fingerprint density at radius 1 is 1.50 bits per heavy atom. The lowest BCUT2D eigenvalue weighted by Crippen LogP contribution is -2.43. The Labute approximate surface area is 127 Å². The number of nitrogens with two attached hydrogens (primary N) is 1. The molecule has 0 spiro atoms. The van der Waals surface area contributed by atoms with Crippen molar-refractivity contribution < 1.29 is 14.1 Å². The van der Waals surface area contributed by atoms with Gasteiger partial charge >= 0.3 is 0 Å².